The van der Waals surface area contributed by atoms with Crippen molar-refractivity contribution >= 4 is 12.1 Å². The third-order valence-corrected chi connectivity index (χ3v) is 8.29. The Bertz CT molecular complexity index is 1540. The van der Waals surface area contributed by atoms with E-state index in [2.05, 4.69) is 15.3 Å². The number of hydrogen-bond donors (Lipinski definition) is 3. The minimum atomic E-state index is -1.56. The standard InChI is InChI=1S/C32H32N4O9/c1-17(43-31-26(35-36-33)27(37)28-24(44-31)16-41-30(45-28)18-9-3-2-4-10-18)25(29(38)39)34-32(40)42-15-23-21-13-7-5-11-19(21)20-12-6-8-14-22(20)23/h2-14,17,23-28,30-31,37H,15-16H2,1H3,(H,34,40)(H,38,39)/t17-,24-,25+,26-,27-,28+,30+,31+/m1/s1. The zero-order valence-electron chi connectivity index (χ0n) is 24.2. The molecule has 2 aliphatic heterocycles. The number of aliphatic carboxylic acids is 1. The molecule has 3 aromatic rings. The molecule has 13 heteroatoms. The van der Waals surface area contributed by atoms with E-state index in [9.17, 15) is 25.3 Å². The number of carboxylic acid groups (broad SMARTS) is 1. The molecule has 3 aliphatic rings. The Morgan fingerprint density at radius 1 is 1.02 bits per heavy atom. The van der Waals surface area contributed by atoms with Crippen LogP contribution in [0, 0.1) is 0 Å². The Balaban J connectivity index is 1.10. The number of nitrogens with one attached hydrogen (secondary N) is 1. The number of aliphatic hydroxyl groups excluding tert-OH is 1. The molecular weight excluding hydrogens is 584 g/mol. The first-order valence-corrected chi connectivity index (χ1v) is 14.5. The molecule has 234 valence electrons. The smallest absolute Gasteiger partial charge is 0.407 e. The van der Waals surface area contributed by atoms with Gasteiger partial charge >= 0.3 is 12.1 Å². The van der Waals surface area contributed by atoms with Crippen LogP contribution in [0.1, 0.15) is 35.8 Å². The van der Waals surface area contributed by atoms with Gasteiger partial charge < -0.3 is 39.2 Å². The van der Waals surface area contributed by atoms with Crippen LogP contribution in [0.15, 0.2) is 84.0 Å². The van der Waals surface area contributed by atoms with Gasteiger partial charge in [0.05, 0.1) is 18.8 Å². The predicted octanol–water partition coefficient (Wildman–Crippen LogP) is 4.26. The van der Waals surface area contributed by atoms with Crippen LogP contribution in [0.5, 0.6) is 0 Å². The van der Waals surface area contributed by atoms with Crippen molar-refractivity contribution in [1.82, 2.24) is 5.32 Å². The molecule has 0 spiro atoms. The molecule has 0 radical (unpaired) electrons. The van der Waals surface area contributed by atoms with Crippen molar-refractivity contribution in [2.75, 3.05) is 13.2 Å². The van der Waals surface area contributed by atoms with Gasteiger partial charge in [-0.25, -0.2) is 9.59 Å². The Morgan fingerprint density at radius 3 is 2.31 bits per heavy atom. The number of benzene rings is 3. The fraction of sp³-hybridized carbons (Fsp3) is 0.375. The number of fused-ring (bicyclic) bond motifs is 4. The van der Waals surface area contributed by atoms with Gasteiger partial charge in [-0.2, -0.15) is 0 Å². The van der Waals surface area contributed by atoms with Gasteiger partial charge in [-0.1, -0.05) is 84.0 Å². The Kier molecular flexibility index (Phi) is 8.99. The molecule has 1 aliphatic carbocycles. The Labute approximate surface area is 258 Å². The average Bonchev–Trinajstić information content (AvgIpc) is 3.38. The van der Waals surface area contributed by atoms with E-state index < -0.39 is 61.1 Å². The SMILES string of the molecule is C[C@@H](O[C@H]1O[C@@H]2CO[C@H](c3ccccc3)O[C@@H]2[C@H](O)[C@H]1N=[N+]=[N-])[C@H](NC(=O)OCC1c2ccccc2-c2ccccc21)C(=O)O. The van der Waals surface area contributed by atoms with Gasteiger partial charge in [0.2, 0.25) is 0 Å². The molecule has 1 amide bonds. The molecule has 0 aromatic heterocycles. The third-order valence-electron chi connectivity index (χ3n) is 8.29. The van der Waals surface area contributed by atoms with E-state index in [1.165, 1.54) is 6.92 Å². The molecule has 0 bridgehead atoms. The normalized spacial score (nSPS) is 26.7. The fourth-order valence-corrected chi connectivity index (χ4v) is 6.09. The summed E-state index contributed by atoms with van der Waals surface area (Å²) in [7, 11) is 0. The number of ether oxygens (including phenoxy) is 5. The van der Waals surface area contributed by atoms with Crippen molar-refractivity contribution < 1.29 is 43.5 Å². The van der Waals surface area contributed by atoms with Crippen molar-refractivity contribution in [3.8, 4) is 11.1 Å². The molecule has 3 N–H and O–H groups in total. The number of carbonyl (C=O) groups excluding carboxylic acids is 1. The summed E-state index contributed by atoms with van der Waals surface area (Å²) in [6.07, 6.45) is -7.35. The molecule has 2 heterocycles. The molecule has 13 nitrogen and oxygen atoms in total. The van der Waals surface area contributed by atoms with E-state index in [4.69, 9.17) is 23.7 Å². The fourth-order valence-electron chi connectivity index (χ4n) is 6.09. The monoisotopic (exact) mass is 616 g/mol. The van der Waals surface area contributed by atoms with Crippen LogP contribution < -0.4 is 5.32 Å². The van der Waals surface area contributed by atoms with Crippen LogP contribution in [0.3, 0.4) is 0 Å². The van der Waals surface area contributed by atoms with Gasteiger partial charge in [0.1, 0.15) is 24.9 Å². The lowest BCUT2D eigenvalue weighted by Gasteiger charge is -2.47. The molecular formula is C32H32N4O9. The predicted molar refractivity (Wildman–Crippen MR) is 158 cm³/mol. The molecule has 2 saturated heterocycles. The lowest BCUT2D eigenvalue weighted by atomic mass is 9.96. The first-order valence-electron chi connectivity index (χ1n) is 14.5. The summed E-state index contributed by atoms with van der Waals surface area (Å²) in [5.74, 6) is -1.60. The lowest BCUT2D eigenvalue weighted by molar-refractivity contribution is -0.346. The molecule has 45 heavy (non-hydrogen) atoms. The topological polar surface area (TPSA) is 182 Å². The summed E-state index contributed by atoms with van der Waals surface area (Å²) in [6, 6.07) is 22.0. The number of azide groups is 1. The van der Waals surface area contributed by atoms with Gasteiger partial charge in [-0.15, -0.1) is 0 Å². The maximum absolute atomic E-state index is 12.9. The van der Waals surface area contributed by atoms with Crippen molar-refractivity contribution in [3.05, 3.63) is 106 Å². The van der Waals surface area contributed by atoms with Gasteiger partial charge in [0.15, 0.2) is 18.6 Å². The second-order valence-electron chi connectivity index (χ2n) is 11.0. The molecule has 0 unspecified atom stereocenters. The Hall–Kier alpha value is -4.49. The lowest BCUT2D eigenvalue weighted by Crippen LogP contribution is -2.62. The minimum Gasteiger partial charge on any atom is -0.480 e. The molecule has 8 atom stereocenters. The maximum Gasteiger partial charge on any atom is 0.407 e. The number of alkyl carbamates (subject to hydrolysis) is 1. The van der Waals surface area contributed by atoms with Crippen molar-refractivity contribution in [2.45, 2.75) is 61.9 Å². The van der Waals surface area contributed by atoms with Crippen molar-refractivity contribution in [1.29, 1.82) is 0 Å². The van der Waals surface area contributed by atoms with Gasteiger partial charge in [0, 0.05) is 16.4 Å². The number of carboxylic acids is 1. The number of aliphatic hydroxyl groups is 1. The number of rotatable bonds is 9. The summed E-state index contributed by atoms with van der Waals surface area (Å²) in [4.78, 5) is 27.9. The van der Waals surface area contributed by atoms with E-state index in [1.54, 1.807) is 0 Å². The number of nitrogens with zero attached hydrogens (tertiary/aromatic N) is 3. The van der Waals surface area contributed by atoms with Gasteiger partial charge in [-0.3, -0.25) is 0 Å². The molecule has 0 saturated carbocycles. The van der Waals surface area contributed by atoms with Crippen LogP contribution in [0.4, 0.5) is 4.79 Å². The van der Waals surface area contributed by atoms with Crippen LogP contribution in [-0.2, 0) is 28.5 Å². The quantitative estimate of drug-likeness (QED) is 0.180. The second kappa shape index (κ2) is 13.2. The zero-order valence-corrected chi connectivity index (χ0v) is 24.2. The maximum atomic E-state index is 12.9. The summed E-state index contributed by atoms with van der Waals surface area (Å²) in [6.45, 7) is 1.43. The van der Waals surface area contributed by atoms with Crippen LogP contribution in [0.2, 0.25) is 0 Å². The third kappa shape index (κ3) is 6.22. The number of hydrogen-bond acceptors (Lipinski definition) is 9. The van der Waals surface area contributed by atoms with E-state index in [0.29, 0.717) is 0 Å². The summed E-state index contributed by atoms with van der Waals surface area (Å²) < 4.78 is 29.1. The molecule has 2 fully saturated rings. The van der Waals surface area contributed by atoms with E-state index in [0.717, 1.165) is 27.8 Å². The second-order valence-corrected chi connectivity index (χ2v) is 11.0. The van der Waals surface area contributed by atoms with E-state index in [1.807, 2.05) is 78.9 Å². The Morgan fingerprint density at radius 2 is 1.67 bits per heavy atom. The highest BCUT2D eigenvalue weighted by atomic mass is 16.7. The molecule has 6 rings (SSSR count). The van der Waals surface area contributed by atoms with Crippen molar-refractivity contribution in [3.63, 3.8) is 0 Å². The highest BCUT2D eigenvalue weighted by molar-refractivity contribution is 5.81. The van der Waals surface area contributed by atoms with Crippen molar-refractivity contribution in [2.24, 2.45) is 5.11 Å². The van der Waals surface area contributed by atoms with E-state index >= 15 is 0 Å². The molecule has 3 aromatic carbocycles. The van der Waals surface area contributed by atoms with Crippen LogP contribution in [0.25, 0.3) is 21.6 Å². The number of amides is 1. The highest BCUT2D eigenvalue weighted by Gasteiger charge is 2.50. The largest absolute Gasteiger partial charge is 0.480 e. The van der Waals surface area contributed by atoms with Gasteiger partial charge in [-0.05, 0) is 34.7 Å². The van der Waals surface area contributed by atoms with Gasteiger partial charge in [0.25, 0.3) is 0 Å². The van der Waals surface area contributed by atoms with Crippen LogP contribution >= 0.6 is 0 Å². The zero-order chi connectivity index (χ0) is 31.5. The summed E-state index contributed by atoms with van der Waals surface area (Å²) in [5, 5.41) is 27.1. The summed E-state index contributed by atoms with van der Waals surface area (Å²) >= 11 is 0. The van der Waals surface area contributed by atoms with E-state index in [-0.39, 0.29) is 19.1 Å². The first kappa shape index (κ1) is 30.5. The average molecular weight is 617 g/mol. The van der Waals surface area contributed by atoms with Crippen LogP contribution in [-0.4, -0.2) is 78.3 Å². The summed E-state index contributed by atoms with van der Waals surface area (Å²) in [5.41, 5.74) is 14.1. The first-order chi connectivity index (χ1) is 21.9. The highest BCUT2D eigenvalue weighted by Crippen LogP contribution is 2.44. The minimum absolute atomic E-state index is 0.00856. The number of carbonyl (C=O) groups is 2.